The van der Waals surface area contributed by atoms with Gasteiger partial charge in [0.25, 0.3) is 5.91 Å². The van der Waals surface area contributed by atoms with Crippen molar-refractivity contribution in [3.8, 4) is 5.88 Å². The van der Waals surface area contributed by atoms with Crippen molar-refractivity contribution < 1.29 is 13.9 Å². The molecule has 0 saturated carbocycles. The molecule has 160 valence electrons. The predicted molar refractivity (Wildman–Crippen MR) is 111 cm³/mol. The van der Waals surface area contributed by atoms with Gasteiger partial charge in [-0.15, -0.1) is 5.10 Å². The number of aromatic nitrogens is 6. The van der Waals surface area contributed by atoms with E-state index in [0.29, 0.717) is 36.7 Å². The van der Waals surface area contributed by atoms with E-state index in [1.807, 2.05) is 0 Å². The fourth-order valence-corrected chi connectivity index (χ4v) is 3.13. The third-order valence-electron chi connectivity index (χ3n) is 4.65. The quantitative estimate of drug-likeness (QED) is 0.443. The first kappa shape index (κ1) is 20.3. The molecule has 0 unspecified atom stereocenters. The van der Waals surface area contributed by atoms with Gasteiger partial charge in [0.05, 0.1) is 25.2 Å². The third-order valence-corrected chi connectivity index (χ3v) is 4.65. The van der Waals surface area contributed by atoms with E-state index in [-0.39, 0.29) is 17.6 Å². The van der Waals surface area contributed by atoms with E-state index >= 15 is 0 Å². The average molecular weight is 424 g/mol. The zero-order valence-corrected chi connectivity index (χ0v) is 17.0. The summed E-state index contributed by atoms with van der Waals surface area (Å²) >= 11 is 0. The molecule has 4 aromatic rings. The van der Waals surface area contributed by atoms with Crippen LogP contribution in [0.1, 0.15) is 15.9 Å². The monoisotopic (exact) mass is 424 g/mol. The van der Waals surface area contributed by atoms with E-state index in [9.17, 15) is 9.18 Å². The van der Waals surface area contributed by atoms with Crippen molar-refractivity contribution >= 4 is 22.8 Å². The number of hydrogen-bond donors (Lipinski definition) is 2. The highest BCUT2D eigenvalue weighted by Crippen LogP contribution is 2.19. The molecule has 0 atom stereocenters. The van der Waals surface area contributed by atoms with E-state index < -0.39 is 0 Å². The van der Waals surface area contributed by atoms with Gasteiger partial charge in [0.1, 0.15) is 23.5 Å². The van der Waals surface area contributed by atoms with Crippen molar-refractivity contribution in [1.29, 1.82) is 0 Å². The Labute approximate surface area is 177 Å². The molecule has 10 nitrogen and oxygen atoms in total. The third kappa shape index (κ3) is 4.44. The molecule has 11 heteroatoms. The molecule has 0 saturated heterocycles. The lowest BCUT2D eigenvalue weighted by molar-refractivity contribution is 0.0949. The first-order chi connectivity index (χ1) is 15.0. The maximum atomic E-state index is 13.1. The van der Waals surface area contributed by atoms with Crippen LogP contribution in [-0.2, 0) is 20.1 Å². The Hall–Kier alpha value is -4.02. The molecule has 0 bridgehead atoms. The molecule has 0 fully saturated rings. The van der Waals surface area contributed by atoms with Crippen LogP contribution in [0.25, 0.3) is 11.0 Å². The lowest BCUT2D eigenvalue weighted by Gasteiger charge is -2.08. The first-order valence-electron chi connectivity index (χ1n) is 9.56. The van der Waals surface area contributed by atoms with Gasteiger partial charge in [-0.1, -0.05) is 12.1 Å². The van der Waals surface area contributed by atoms with Gasteiger partial charge >= 0.3 is 0 Å². The van der Waals surface area contributed by atoms with Crippen molar-refractivity contribution in [1.82, 2.24) is 34.8 Å². The highest BCUT2D eigenvalue weighted by molar-refractivity contribution is 5.96. The fourth-order valence-electron chi connectivity index (χ4n) is 3.13. The van der Waals surface area contributed by atoms with E-state index in [0.717, 1.165) is 10.9 Å². The van der Waals surface area contributed by atoms with Crippen molar-refractivity contribution in [2.24, 2.45) is 7.05 Å². The van der Waals surface area contributed by atoms with Crippen molar-refractivity contribution in [2.45, 2.75) is 13.1 Å². The summed E-state index contributed by atoms with van der Waals surface area (Å²) in [5, 5.41) is 15.3. The predicted octanol–water partition coefficient (Wildman–Crippen LogP) is 1.75. The zero-order valence-electron chi connectivity index (χ0n) is 17.0. The molecule has 0 spiro atoms. The van der Waals surface area contributed by atoms with Gasteiger partial charge in [-0.2, -0.15) is 5.10 Å². The largest absolute Gasteiger partial charge is 0.479 e. The number of anilines is 1. The minimum absolute atomic E-state index is 0.272. The Morgan fingerprint density at radius 3 is 2.81 bits per heavy atom. The highest BCUT2D eigenvalue weighted by Gasteiger charge is 2.16. The van der Waals surface area contributed by atoms with Crippen LogP contribution in [0.3, 0.4) is 0 Å². The molecule has 0 aliphatic carbocycles. The average Bonchev–Trinajstić information content (AvgIpc) is 3.37. The number of aryl methyl sites for hydroxylation is 1. The number of ether oxygens (including phenoxy) is 1. The molecular formula is C20H21FN8O2. The van der Waals surface area contributed by atoms with Crippen LogP contribution in [0, 0.1) is 5.82 Å². The summed E-state index contributed by atoms with van der Waals surface area (Å²) in [6.07, 6.45) is 4.73. The second-order valence-corrected chi connectivity index (χ2v) is 6.79. The number of methoxy groups -OCH3 is 1. The Morgan fingerprint density at radius 1 is 1.23 bits per heavy atom. The number of amides is 1. The summed E-state index contributed by atoms with van der Waals surface area (Å²) < 4.78 is 21.4. The number of carbonyl (C=O) groups excluding carboxylic acids is 1. The van der Waals surface area contributed by atoms with Crippen LogP contribution in [-0.4, -0.2) is 49.1 Å². The minimum Gasteiger partial charge on any atom is -0.479 e. The number of halogens is 1. The molecule has 0 aliphatic heterocycles. The van der Waals surface area contributed by atoms with Crippen molar-refractivity contribution in [3.05, 3.63) is 59.9 Å². The molecule has 1 amide bonds. The number of rotatable bonds is 8. The van der Waals surface area contributed by atoms with Crippen LogP contribution in [0.2, 0.25) is 0 Å². The topological polar surface area (TPSA) is 112 Å². The molecule has 31 heavy (non-hydrogen) atoms. The van der Waals surface area contributed by atoms with Gasteiger partial charge in [-0.05, 0) is 17.7 Å². The Bertz CT molecular complexity index is 1200. The van der Waals surface area contributed by atoms with Crippen LogP contribution in [0.4, 0.5) is 10.2 Å². The number of benzene rings is 1. The number of carbonyl (C=O) groups is 1. The van der Waals surface area contributed by atoms with Gasteiger partial charge in [0.15, 0.2) is 5.65 Å². The maximum Gasteiger partial charge on any atom is 0.258 e. The summed E-state index contributed by atoms with van der Waals surface area (Å²) in [6, 6.07) is 6.26. The van der Waals surface area contributed by atoms with Gasteiger partial charge < -0.3 is 15.4 Å². The van der Waals surface area contributed by atoms with E-state index in [2.05, 4.69) is 30.8 Å². The molecule has 2 N–H and O–H groups in total. The molecule has 0 radical (unpaired) electrons. The molecule has 3 heterocycles. The molecule has 1 aromatic carbocycles. The number of fused-ring (bicyclic) bond motifs is 1. The van der Waals surface area contributed by atoms with Crippen LogP contribution in [0.15, 0.2) is 43.0 Å². The summed E-state index contributed by atoms with van der Waals surface area (Å²) in [5.41, 5.74) is 1.93. The van der Waals surface area contributed by atoms with Gasteiger partial charge in [0.2, 0.25) is 5.88 Å². The van der Waals surface area contributed by atoms with Crippen LogP contribution < -0.4 is 15.4 Å². The Morgan fingerprint density at radius 2 is 2.03 bits per heavy atom. The fraction of sp³-hybridized carbons (Fsp3) is 0.250. The minimum atomic E-state index is -0.280. The van der Waals surface area contributed by atoms with Crippen molar-refractivity contribution in [2.75, 3.05) is 19.0 Å². The lowest BCUT2D eigenvalue weighted by atomic mass is 10.2. The number of nitrogens with zero attached hydrogens (tertiary/aromatic N) is 6. The van der Waals surface area contributed by atoms with Gasteiger partial charge in [0, 0.05) is 26.3 Å². The molecule has 4 rings (SSSR count). The van der Waals surface area contributed by atoms with Crippen LogP contribution in [0.5, 0.6) is 5.88 Å². The summed E-state index contributed by atoms with van der Waals surface area (Å²) in [5.74, 6) is 0.347. The number of nitrogens with one attached hydrogen (secondary N) is 2. The van der Waals surface area contributed by atoms with Gasteiger partial charge in [-0.3, -0.25) is 9.48 Å². The second-order valence-electron chi connectivity index (χ2n) is 6.79. The Kier molecular flexibility index (Phi) is 5.74. The standard InChI is InChI=1S/C20H21FN8O2/c1-28-11-16(20(27-28)31-2)19(30)22-7-8-29-18-15(10-26-29)17(24-12-25-18)23-9-13-3-5-14(21)6-4-13/h3-6,10-12H,7-9H2,1-2H3,(H,22,30)(H,23,24,25). The summed E-state index contributed by atoms with van der Waals surface area (Å²) in [6.45, 7) is 1.25. The van der Waals surface area contributed by atoms with E-state index in [1.165, 1.54) is 30.3 Å². The lowest BCUT2D eigenvalue weighted by Crippen LogP contribution is -2.27. The zero-order chi connectivity index (χ0) is 21.8. The van der Waals surface area contributed by atoms with Crippen LogP contribution >= 0.6 is 0 Å². The van der Waals surface area contributed by atoms with Crippen molar-refractivity contribution in [3.63, 3.8) is 0 Å². The second kappa shape index (κ2) is 8.78. The molecule has 3 aromatic heterocycles. The number of hydrogen-bond acceptors (Lipinski definition) is 7. The summed E-state index contributed by atoms with van der Waals surface area (Å²) in [7, 11) is 3.19. The smallest absolute Gasteiger partial charge is 0.258 e. The van der Waals surface area contributed by atoms with E-state index in [1.54, 1.807) is 36.3 Å². The highest BCUT2D eigenvalue weighted by atomic mass is 19.1. The Balaban J connectivity index is 1.40. The first-order valence-corrected chi connectivity index (χ1v) is 9.56. The molecular weight excluding hydrogens is 403 g/mol. The SMILES string of the molecule is COc1nn(C)cc1C(=O)NCCn1ncc2c(NCc3ccc(F)cc3)ncnc21. The normalized spacial score (nSPS) is 10.9. The van der Waals surface area contributed by atoms with E-state index in [4.69, 9.17) is 4.74 Å². The molecule has 0 aliphatic rings. The van der Waals surface area contributed by atoms with Gasteiger partial charge in [-0.25, -0.2) is 19.0 Å². The maximum absolute atomic E-state index is 13.1. The summed E-state index contributed by atoms with van der Waals surface area (Å²) in [4.78, 5) is 21.0.